The number of nitrogens with one attached hydrogen (secondary N) is 2. The van der Waals surface area contributed by atoms with Crippen LogP contribution in [0, 0.1) is 0 Å². The van der Waals surface area contributed by atoms with Crippen molar-refractivity contribution in [2.75, 3.05) is 19.5 Å². The van der Waals surface area contributed by atoms with Crippen LogP contribution >= 0.6 is 0 Å². The van der Waals surface area contributed by atoms with Crippen LogP contribution in [0.5, 0.6) is 11.5 Å². The number of benzene rings is 3. The molecule has 2 N–H and O–H groups in total. The van der Waals surface area contributed by atoms with Gasteiger partial charge in [0.2, 0.25) is 5.55 Å². The molecule has 4 rings (SSSR count). The molecule has 1 heterocycles. The number of nitrogens with zero attached hydrogens (tertiary/aromatic N) is 1. The highest BCUT2D eigenvalue weighted by Crippen LogP contribution is 2.25. The minimum atomic E-state index is -3.99. The zero-order chi connectivity index (χ0) is 24.1. The standard InChI is InChI=1S/C24H21N3O6S/c1-31-18-13-11-17(12-14-18)25-23(28)20-15-16-7-6-10-21(32-2)22(16)33-24(20)26-27-34(29,30)19-8-4-3-5-9-19/h3-15,27H,1-2H3,(H,25,28)/b26-24-. The van der Waals surface area contributed by atoms with Gasteiger partial charge in [-0.1, -0.05) is 30.3 Å². The van der Waals surface area contributed by atoms with E-state index in [9.17, 15) is 13.2 Å². The average Bonchev–Trinajstić information content (AvgIpc) is 2.87. The topological polar surface area (TPSA) is 119 Å². The van der Waals surface area contributed by atoms with Gasteiger partial charge in [0.05, 0.1) is 19.1 Å². The van der Waals surface area contributed by atoms with Gasteiger partial charge in [-0.25, -0.2) is 0 Å². The van der Waals surface area contributed by atoms with Crippen molar-refractivity contribution in [1.29, 1.82) is 0 Å². The largest absolute Gasteiger partial charge is 0.497 e. The third kappa shape index (κ3) is 4.86. The minimum absolute atomic E-state index is 0.0151. The lowest BCUT2D eigenvalue weighted by atomic mass is 10.1. The molecule has 0 atom stereocenters. The Morgan fingerprint density at radius 2 is 1.65 bits per heavy atom. The van der Waals surface area contributed by atoms with E-state index in [-0.39, 0.29) is 16.0 Å². The first-order valence-electron chi connectivity index (χ1n) is 10.1. The van der Waals surface area contributed by atoms with E-state index in [4.69, 9.17) is 13.9 Å². The number of hydrogen-bond acceptors (Lipinski definition) is 7. The van der Waals surface area contributed by atoms with Crippen molar-refractivity contribution >= 4 is 32.6 Å². The molecule has 0 saturated heterocycles. The van der Waals surface area contributed by atoms with Crippen molar-refractivity contribution in [2.45, 2.75) is 4.90 Å². The Morgan fingerprint density at radius 3 is 2.32 bits per heavy atom. The Balaban J connectivity index is 1.78. The number of para-hydroxylation sites is 1. The van der Waals surface area contributed by atoms with Gasteiger partial charge in [-0.3, -0.25) is 4.79 Å². The Hall–Kier alpha value is -4.31. The van der Waals surface area contributed by atoms with Gasteiger partial charge in [0.15, 0.2) is 11.3 Å². The molecular weight excluding hydrogens is 458 g/mol. The highest BCUT2D eigenvalue weighted by molar-refractivity contribution is 7.89. The zero-order valence-electron chi connectivity index (χ0n) is 18.3. The summed E-state index contributed by atoms with van der Waals surface area (Å²) in [6, 6.07) is 21.2. The van der Waals surface area contributed by atoms with Gasteiger partial charge in [-0.2, -0.15) is 13.2 Å². The Morgan fingerprint density at radius 1 is 0.912 bits per heavy atom. The molecule has 4 aromatic rings. The molecule has 0 fully saturated rings. The summed E-state index contributed by atoms with van der Waals surface area (Å²) in [7, 11) is -0.970. The fourth-order valence-electron chi connectivity index (χ4n) is 3.16. The van der Waals surface area contributed by atoms with Crippen LogP contribution < -0.4 is 25.2 Å². The average molecular weight is 480 g/mol. The van der Waals surface area contributed by atoms with Gasteiger partial charge in [0.25, 0.3) is 15.9 Å². The smallest absolute Gasteiger partial charge is 0.276 e. The van der Waals surface area contributed by atoms with Crippen molar-refractivity contribution < 1.29 is 27.1 Å². The Kier molecular flexibility index (Phi) is 6.51. The number of methoxy groups -OCH3 is 2. The second-order valence-electron chi connectivity index (χ2n) is 7.05. The second kappa shape index (κ2) is 9.67. The molecule has 0 aliphatic carbocycles. The van der Waals surface area contributed by atoms with Crippen LogP contribution in [0.2, 0.25) is 0 Å². The van der Waals surface area contributed by atoms with E-state index >= 15 is 0 Å². The first kappa shape index (κ1) is 22.9. The van der Waals surface area contributed by atoms with E-state index in [1.807, 2.05) is 0 Å². The molecule has 0 aliphatic heterocycles. The van der Waals surface area contributed by atoms with Crippen molar-refractivity contribution in [3.8, 4) is 11.5 Å². The quantitative estimate of drug-likeness (QED) is 0.392. The third-order valence-corrected chi connectivity index (χ3v) is 6.10. The monoisotopic (exact) mass is 479 g/mol. The van der Waals surface area contributed by atoms with Gasteiger partial charge in [-0.15, -0.1) is 5.10 Å². The lowest BCUT2D eigenvalue weighted by Gasteiger charge is -2.09. The summed E-state index contributed by atoms with van der Waals surface area (Å²) in [5.74, 6) is 0.495. The summed E-state index contributed by atoms with van der Waals surface area (Å²) in [4.78, 5) is 15.3. The maximum Gasteiger partial charge on any atom is 0.276 e. The van der Waals surface area contributed by atoms with E-state index in [1.54, 1.807) is 73.8 Å². The minimum Gasteiger partial charge on any atom is -0.497 e. The molecule has 0 bridgehead atoms. The number of carbonyl (C=O) groups excluding carboxylic acids is 1. The van der Waals surface area contributed by atoms with Crippen LogP contribution in [0.25, 0.3) is 11.0 Å². The predicted molar refractivity (Wildman–Crippen MR) is 126 cm³/mol. The molecular formula is C24H21N3O6S. The fourth-order valence-corrected chi connectivity index (χ4v) is 3.98. The van der Waals surface area contributed by atoms with E-state index in [0.717, 1.165) is 0 Å². The van der Waals surface area contributed by atoms with Crippen molar-refractivity contribution in [3.05, 3.63) is 90.0 Å². The first-order valence-corrected chi connectivity index (χ1v) is 11.6. The van der Waals surface area contributed by atoms with E-state index in [0.29, 0.717) is 28.2 Å². The second-order valence-corrected chi connectivity index (χ2v) is 8.71. The molecule has 1 amide bonds. The summed E-state index contributed by atoms with van der Waals surface area (Å²) in [6.45, 7) is 0. The van der Waals surface area contributed by atoms with Gasteiger partial charge in [0.1, 0.15) is 11.3 Å². The molecule has 10 heteroatoms. The third-order valence-electron chi connectivity index (χ3n) is 4.87. The molecule has 0 aliphatic rings. The number of rotatable bonds is 7. The summed E-state index contributed by atoms with van der Waals surface area (Å²) < 4.78 is 41.6. The van der Waals surface area contributed by atoms with E-state index in [1.165, 1.54) is 19.2 Å². The van der Waals surface area contributed by atoms with Crippen LogP contribution in [-0.2, 0) is 10.0 Å². The SMILES string of the molecule is COc1ccc(NC(=O)c2cc3cccc(OC)c3o/c2=N\NS(=O)(=O)c2ccccc2)cc1. The molecule has 0 unspecified atom stereocenters. The molecule has 34 heavy (non-hydrogen) atoms. The number of fused-ring (bicyclic) bond motifs is 1. The summed E-state index contributed by atoms with van der Waals surface area (Å²) >= 11 is 0. The number of sulfonamides is 1. The highest BCUT2D eigenvalue weighted by Gasteiger charge is 2.17. The van der Waals surface area contributed by atoms with Crippen molar-refractivity contribution in [3.63, 3.8) is 0 Å². The molecule has 1 aromatic heterocycles. The summed E-state index contributed by atoms with van der Waals surface area (Å²) in [6.07, 6.45) is 0. The Labute approximate surface area is 195 Å². The highest BCUT2D eigenvalue weighted by atomic mass is 32.2. The van der Waals surface area contributed by atoms with Gasteiger partial charge < -0.3 is 19.2 Å². The maximum atomic E-state index is 13.1. The summed E-state index contributed by atoms with van der Waals surface area (Å²) in [5, 5.41) is 7.25. The van der Waals surface area contributed by atoms with Crippen LogP contribution in [0.15, 0.2) is 93.3 Å². The summed E-state index contributed by atoms with van der Waals surface area (Å²) in [5.41, 5.74) is 0.603. The molecule has 174 valence electrons. The Bertz CT molecular complexity index is 1500. The van der Waals surface area contributed by atoms with E-state index < -0.39 is 15.9 Å². The fraction of sp³-hybridized carbons (Fsp3) is 0.0833. The number of anilines is 1. The van der Waals surface area contributed by atoms with Crippen LogP contribution in [-0.4, -0.2) is 28.5 Å². The normalized spacial score (nSPS) is 11.8. The molecule has 3 aromatic carbocycles. The lowest BCUT2D eigenvalue weighted by Crippen LogP contribution is -2.27. The number of amides is 1. The maximum absolute atomic E-state index is 13.1. The van der Waals surface area contributed by atoms with Gasteiger partial charge in [0, 0.05) is 11.1 Å². The molecule has 0 spiro atoms. The molecule has 9 nitrogen and oxygen atoms in total. The number of ether oxygens (including phenoxy) is 2. The van der Waals surface area contributed by atoms with Crippen LogP contribution in [0.1, 0.15) is 10.4 Å². The lowest BCUT2D eigenvalue weighted by molar-refractivity contribution is 0.102. The van der Waals surface area contributed by atoms with Crippen molar-refractivity contribution in [2.24, 2.45) is 5.10 Å². The first-order chi connectivity index (χ1) is 16.4. The predicted octanol–water partition coefficient (Wildman–Crippen LogP) is 3.50. The number of carbonyl (C=O) groups is 1. The molecule has 0 radical (unpaired) electrons. The molecule has 0 saturated carbocycles. The van der Waals surface area contributed by atoms with Gasteiger partial charge >= 0.3 is 0 Å². The number of hydrogen-bond donors (Lipinski definition) is 2. The van der Waals surface area contributed by atoms with Crippen LogP contribution in [0.3, 0.4) is 0 Å². The van der Waals surface area contributed by atoms with Crippen molar-refractivity contribution in [1.82, 2.24) is 4.83 Å². The van der Waals surface area contributed by atoms with Gasteiger partial charge in [-0.05, 0) is 48.5 Å². The van der Waals surface area contributed by atoms with Crippen LogP contribution in [0.4, 0.5) is 5.69 Å². The zero-order valence-corrected chi connectivity index (χ0v) is 19.1. The van der Waals surface area contributed by atoms with E-state index in [2.05, 4.69) is 15.2 Å².